The Bertz CT molecular complexity index is 308. The van der Waals surface area contributed by atoms with Crippen LogP contribution in [0.3, 0.4) is 0 Å². The Hall–Kier alpha value is -0.820. The van der Waals surface area contributed by atoms with Gasteiger partial charge in [-0.3, -0.25) is 0 Å². The summed E-state index contributed by atoms with van der Waals surface area (Å²) in [7, 11) is 0. The van der Waals surface area contributed by atoms with Crippen LogP contribution >= 0.6 is 0 Å². The van der Waals surface area contributed by atoms with Crippen LogP contribution in [-0.2, 0) is 0 Å². The summed E-state index contributed by atoms with van der Waals surface area (Å²) >= 11 is 0. The quantitative estimate of drug-likeness (QED) is 0.794. The van der Waals surface area contributed by atoms with Crippen molar-refractivity contribution in [3.05, 3.63) is 34.9 Å². The normalized spacial score (nSPS) is 13.1. The Morgan fingerprint density at radius 3 is 2.06 bits per heavy atom. The Balaban J connectivity index is 2.55. The lowest BCUT2D eigenvalue weighted by Crippen LogP contribution is -2.24. The fraction of sp³-hybridized carbons (Fsp3) is 0.600. The second-order valence-electron chi connectivity index (χ2n) is 5.22. The molecule has 0 aliphatic heterocycles. The molecule has 0 heterocycles. The highest BCUT2D eigenvalue weighted by atomic mass is 14.9. The lowest BCUT2D eigenvalue weighted by Gasteiger charge is -2.15. The molecule has 1 atom stereocenters. The van der Waals surface area contributed by atoms with Crippen LogP contribution in [0.5, 0.6) is 0 Å². The van der Waals surface area contributed by atoms with Crippen molar-refractivity contribution in [3.63, 3.8) is 0 Å². The first kappa shape index (κ1) is 13.2. The van der Waals surface area contributed by atoms with E-state index in [-0.39, 0.29) is 0 Å². The molecule has 0 aromatic heterocycles. The van der Waals surface area contributed by atoms with Crippen molar-refractivity contribution in [2.45, 2.75) is 53.0 Å². The third kappa shape index (κ3) is 4.36. The summed E-state index contributed by atoms with van der Waals surface area (Å²) in [6, 6.07) is 7.45. The molecule has 90 valence electrons. The largest absolute Gasteiger partial charge is 0.315 e. The summed E-state index contributed by atoms with van der Waals surface area (Å²) in [5.41, 5.74) is 4.22. The fourth-order valence-electron chi connectivity index (χ4n) is 2.05. The van der Waals surface area contributed by atoms with E-state index >= 15 is 0 Å². The van der Waals surface area contributed by atoms with E-state index < -0.39 is 0 Å². The van der Waals surface area contributed by atoms with E-state index in [0.717, 1.165) is 6.54 Å². The summed E-state index contributed by atoms with van der Waals surface area (Å²) in [6.45, 7) is 12.2. The minimum Gasteiger partial charge on any atom is -0.315 e. The van der Waals surface area contributed by atoms with Gasteiger partial charge in [-0.05, 0) is 38.3 Å². The molecule has 0 saturated carbocycles. The molecule has 1 aromatic carbocycles. The summed E-state index contributed by atoms with van der Waals surface area (Å²) in [4.78, 5) is 0. The first-order chi connectivity index (χ1) is 7.49. The molecule has 0 fully saturated rings. The highest BCUT2D eigenvalue weighted by Gasteiger charge is 2.06. The Labute approximate surface area is 100 Å². The van der Waals surface area contributed by atoms with Crippen molar-refractivity contribution in [3.8, 4) is 0 Å². The fourth-order valence-corrected chi connectivity index (χ4v) is 2.05. The van der Waals surface area contributed by atoms with E-state index in [1.54, 1.807) is 0 Å². The van der Waals surface area contributed by atoms with E-state index in [0.29, 0.717) is 12.0 Å². The Kier molecular flexibility index (Phi) is 5.01. The predicted octanol–water partition coefficient (Wildman–Crippen LogP) is 3.80. The monoisotopic (exact) mass is 219 g/mol. The molecule has 1 rings (SSSR count). The maximum absolute atomic E-state index is 3.48. The average Bonchev–Trinajstić information content (AvgIpc) is 2.15. The number of aryl methyl sites for hydroxylation is 2. The maximum atomic E-state index is 3.48. The molecule has 0 bridgehead atoms. The molecule has 1 aromatic rings. The van der Waals surface area contributed by atoms with Gasteiger partial charge in [-0.15, -0.1) is 0 Å². The van der Waals surface area contributed by atoms with Gasteiger partial charge in [0.15, 0.2) is 0 Å². The molecule has 0 radical (unpaired) electrons. The summed E-state index contributed by atoms with van der Waals surface area (Å²) in [5, 5.41) is 3.48. The third-order valence-electron chi connectivity index (χ3n) is 2.94. The predicted molar refractivity (Wildman–Crippen MR) is 72.1 cm³/mol. The second-order valence-corrected chi connectivity index (χ2v) is 5.22. The molecule has 1 unspecified atom stereocenters. The van der Waals surface area contributed by atoms with Crippen molar-refractivity contribution in [2.75, 3.05) is 6.54 Å². The van der Waals surface area contributed by atoms with Crippen LogP contribution in [0.1, 0.15) is 49.8 Å². The van der Waals surface area contributed by atoms with E-state index in [2.05, 4.69) is 58.1 Å². The number of benzene rings is 1. The molecule has 1 heteroatoms. The smallest absolute Gasteiger partial charge is 0.00103 e. The van der Waals surface area contributed by atoms with Crippen molar-refractivity contribution in [1.82, 2.24) is 5.32 Å². The van der Waals surface area contributed by atoms with Crippen LogP contribution in [0.15, 0.2) is 18.2 Å². The molecule has 0 spiro atoms. The van der Waals surface area contributed by atoms with Gasteiger partial charge in [0.1, 0.15) is 0 Å². The topological polar surface area (TPSA) is 12.0 Å². The standard InChI is InChI=1S/C15H25N/c1-11(2)16-7-6-14(5)15-9-12(3)8-13(4)10-15/h8-11,14,16H,6-7H2,1-5H3. The third-order valence-corrected chi connectivity index (χ3v) is 2.94. The summed E-state index contributed by atoms with van der Waals surface area (Å²) in [5.74, 6) is 0.643. The van der Waals surface area contributed by atoms with Gasteiger partial charge < -0.3 is 5.32 Å². The number of rotatable bonds is 5. The maximum Gasteiger partial charge on any atom is 0.00103 e. The van der Waals surface area contributed by atoms with E-state index in [1.165, 1.54) is 23.1 Å². The molecule has 0 aliphatic rings. The van der Waals surface area contributed by atoms with Crippen LogP contribution < -0.4 is 5.32 Å². The first-order valence-corrected chi connectivity index (χ1v) is 6.30. The van der Waals surface area contributed by atoms with Gasteiger partial charge in [-0.2, -0.15) is 0 Å². The molecule has 1 nitrogen and oxygen atoms in total. The molecule has 1 N–H and O–H groups in total. The van der Waals surface area contributed by atoms with Crippen molar-refractivity contribution in [2.24, 2.45) is 0 Å². The van der Waals surface area contributed by atoms with Gasteiger partial charge in [-0.25, -0.2) is 0 Å². The van der Waals surface area contributed by atoms with E-state index in [9.17, 15) is 0 Å². The van der Waals surface area contributed by atoms with Crippen molar-refractivity contribution >= 4 is 0 Å². The molecule has 0 amide bonds. The average molecular weight is 219 g/mol. The minimum atomic E-state index is 0.589. The van der Waals surface area contributed by atoms with Crippen LogP contribution in [0.25, 0.3) is 0 Å². The highest BCUT2D eigenvalue weighted by molar-refractivity contribution is 5.30. The van der Waals surface area contributed by atoms with Crippen LogP contribution in [-0.4, -0.2) is 12.6 Å². The number of hydrogen-bond donors (Lipinski definition) is 1. The van der Waals surface area contributed by atoms with Gasteiger partial charge >= 0.3 is 0 Å². The zero-order valence-corrected chi connectivity index (χ0v) is 11.3. The van der Waals surface area contributed by atoms with Gasteiger partial charge in [0, 0.05) is 6.04 Å². The SMILES string of the molecule is Cc1cc(C)cc(C(C)CCNC(C)C)c1. The lowest BCUT2D eigenvalue weighted by atomic mass is 9.94. The van der Waals surface area contributed by atoms with Crippen molar-refractivity contribution in [1.29, 1.82) is 0 Å². The van der Waals surface area contributed by atoms with E-state index in [4.69, 9.17) is 0 Å². The zero-order valence-electron chi connectivity index (χ0n) is 11.3. The Morgan fingerprint density at radius 1 is 1.00 bits per heavy atom. The summed E-state index contributed by atoms with van der Waals surface area (Å²) < 4.78 is 0. The molecule has 0 aliphatic carbocycles. The van der Waals surface area contributed by atoms with Gasteiger partial charge in [0.25, 0.3) is 0 Å². The van der Waals surface area contributed by atoms with Gasteiger partial charge in [-0.1, -0.05) is 50.1 Å². The van der Waals surface area contributed by atoms with E-state index in [1.807, 2.05) is 0 Å². The minimum absolute atomic E-state index is 0.589. The van der Waals surface area contributed by atoms with Crippen molar-refractivity contribution < 1.29 is 0 Å². The van der Waals surface area contributed by atoms with Crippen LogP contribution in [0.4, 0.5) is 0 Å². The Morgan fingerprint density at radius 2 is 1.56 bits per heavy atom. The zero-order chi connectivity index (χ0) is 12.1. The molecular formula is C15H25N. The first-order valence-electron chi connectivity index (χ1n) is 6.30. The lowest BCUT2D eigenvalue weighted by molar-refractivity contribution is 0.541. The summed E-state index contributed by atoms with van der Waals surface area (Å²) in [6.07, 6.45) is 1.21. The number of hydrogen-bond acceptors (Lipinski definition) is 1. The number of nitrogens with one attached hydrogen (secondary N) is 1. The van der Waals surface area contributed by atoms with Gasteiger partial charge in [0.05, 0.1) is 0 Å². The molecular weight excluding hydrogens is 194 g/mol. The molecule has 16 heavy (non-hydrogen) atoms. The van der Waals surface area contributed by atoms with Crippen LogP contribution in [0, 0.1) is 13.8 Å². The molecule has 0 saturated heterocycles. The highest BCUT2D eigenvalue weighted by Crippen LogP contribution is 2.21. The van der Waals surface area contributed by atoms with Gasteiger partial charge in [0.2, 0.25) is 0 Å². The second kappa shape index (κ2) is 6.05. The van der Waals surface area contributed by atoms with Crippen LogP contribution in [0.2, 0.25) is 0 Å².